The van der Waals surface area contributed by atoms with Crippen molar-refractivity contribution in [1.29, 1.82) is 0 Å². The summed E-state index contributed by atoms with van der Waals surface area (Å²) in [4.78, 5) is 24.8. The molecule has 8 heteroatoms. The van der Waals surface area contributed by atoms with Crippen LogP contribution in [0.2, 0.25) is 0 Å². The fraction of sp³-hybridized carbons (Fsp3) is 0.222. The normalized spacial score (nSPS) is 11.0. The van der Waals surface area contributed by atoms with Crippen LogP contribution in [0.15, 0.2) is 53.4 Å². The molecule has 0 aliphatic heterocycles. The first-order valence-electron chi connectivity index (χ1n) is 7.78. The maximum Gasteiger partial charge on any atom is 0.269 e. The van der Waals surface area contributed by atoms with Gasteiger partial charge in [0.2, 0.25) is 5.91 Å². The number of rotatable bonds is 6. The number of sulfone groups is 1. The van der Waals surface area contributed by atoms with E-state index in [-0.39, 0.29) is 17.4 Å². The van der Waals surface area contributed by atoms with Crippen LogP contribution in [-0.4, -0.2) is 32.2 Å². The molecule has 0 atom stereocenters. The molecule has 26 heavy (non-hydrogen) atoms. The van der Waals surface area contributed by atoms with Crippen LogP contribution in [0.25, 0.3) is 0 Å². The minimum atomic E-state index is -3.12. The van der Waals surface area contributed by atoms with E-state index in [9.17, 15) is 18.0 Å². The van der Waals surface area contributed by atoms with Gasteiger partial charge in [0, 0.05) is 16.7 Å². The van der Waals surface area contributed by atoms with Crippen molar-refractivity contribution in [3.8, 4) is 0 Å². The SMILES string of the molecule is Cc1ccc(SCC(=O)NNC(=O)c2ccc(CS(C)(=O)=O)cc2)cc1. The van der Waals surface area contributed by atoms with Gasteiger partial charge in [-0.3, -0.25) is 20.4 Å². The Bertz CT molecular complexity index is 876. The van der Waals surface area contributed by atoms with E-state index in [0.29, 0.717) is 11.1 Å². The highest BCUT2D eigenvalue weighted by Gasteiger charge is 2.09. The Hall–Kier alpha value is -2.32. The summed E-state index contributed by atoms with van der Waals surface area (Å²) < 4.78 is 22.5. The van der Waals surface area contributed by atoms with E-state index < -0.39 is 15.7 Å². The number of aryl methyl sites for hydroxylation is 1. The van der Waals surface area contributed by atoms with Crippen LogP contribution in [0.3, 0.4) is 0 Å². The lowest BCUT2D eigenvalue weighted by molar-refractivity contribution is -0.119. The van der Waals surface area contributed by atoms with Gasteiger partial charge >= 0.3 is 0 Å². The molecule has 0 aliphatic carbocycles. The Morgan fingerprint density at radius 2 is 1.58 bits per heavy atom. The zero-order valence-electron chi connectivity index (χ0n) is 14.5. The van der Waals surface area contributed by atoms with Gasteiger partial charge in [-0.1, -0.05) is 29.8 Å². The largest absolute Gasteiger partial charge is 0.272 e. The Kier molecular flexibility index (Phi) is 6.82. The maximum absolute atomic E-state index is 12.0. The van der Waals surface area contributed by atoms with Crippen LogP contribution in [-0.2, 0) is 20.4 Å². The molecular formula is C18H20N2O4S2. The van der Waals surface area contributed by atoms with Crippen molar-refractivity contribution in [3.63, 3.8) is 0 Å². The summed E-state index contributed by atoms with van der Waals surface area (Å²) in [6.07, 6.45) is 1.15. The van der Waals surface area contributed by atoms with E-state index in [2.05, 4.69) is 10.9 Å². The van der Waals surface area contributed by atoms with Gasteiger partial charge in [-0.05, 0) is 36.8 Å². The highest BCUT2D eigenvalue weighted by Crippen LogP contribution is 2.17. The van der Waals surface area contributed by atoms with Crippen molar-refractivity contribution in [3.05, 3.63) is 65.2 Å². The van der Waals surface area contributed by atoms with Crippen molar-refractivity contribution in [2.24, 2.45) is 0 Å². The number of carbonyl (C=O) groups is 2. The zero-order chi connectivity index (χ0) is 19.2. The summed E-state index contributed by atoms with van der Waals surface area (Å²) in [5.74, 6) is -0.694. The zero-order valence-corrected chi connectivity index (χ0v) is 16.1. The van der Waals surface area contributed by atoms with E-state index >= 15 is 0 Å². The molecule has 2 amide bonds. The van der Waals surface area contributed by atoms with Crippen LogP contribution in [0.4, 0.5) is 0 Å². The third-order valence-electron chi connectivity index (χ3n) is 3.35. The molecule has 0 aromatic heterocycles. The standard InChI is InChI=1S/C18H20N2O4S2/c1-13-3-9-16(10-4-13)25-11-17(21)19-20-18(22)15-7-5-14(6-8-15)12-26(2,23)24/h3-10H,11-12H2,1-2H3,(H,19,21)(H,20,22). The van der Waals surface area contributed by atoms with E-state index in [0.717, 1.165) is 16.7 Å². The van der Waals surface area contributed by atoms with Crippen LogP contribution in [0.1, 0.15) is 21.5 Å². The molecule has 0 fully saturated rings. The number of thioether (sulfide) groups is 1. The third kappa shape index (κ3) is 6.89. The van der Waals surface area contributed by atoms with Crippen LogP contribution in [0, 0.1) is 6.92 Å². The average Bonchev–Trinajstić information content (AvgIpc) is 2.58. The van der Waals surface area contributed by atoms with Gasteiger partial charge in [0.15, 0.2) is 9.84 Å². The molecule has 0 saturated carbocycles. The van der Waals surface area contributed by atoms with Crippen molar-refractivity contribution in [1.82, 2.24) is 10.9 Å². The highest BCUT2D eigenvalue weighted by molar-refractivity contribution is 8.00. The molecule has 0 saturated heterocycles. The smallest absolute Gasteiger partial charge is 0.269 e. The fourth-order valence-corrected chi connectivity index (χ4v) is 3.57. The lowest BCUT2D eigenvalue weighted by Crippen LogP contribution is -2.42. The predicted octanol–water partition coefficient (Wildman–Crippen LogP) is 2.09. The van der Waals surface area contributed by atoms with E-state index in [1.54, 1.807) is 12.1 Å². The van der Waals surface area contributed by atoms with Gasteiger partial charge in [0.05, 0.1) is 11.5 Å². The van der Waals surface area contributed by atoms with Crippen LogP contribution in [0.5, 0.6) is 0 Å². The summed E-state index contributed by atoms with van der Waals surface area (Å²) >= 11 is 1.37. The minimum absolute atomic E-state index is 0.0815. The molecule has 2 N–H and O–H groups in total. The number of hydrogen-bond acceptors (Lipinski definition) is 5. The summed E-state index contributed by atoms with van der Waals surface area (Å²) in [7, 11) is -3.12. The summed E-state index contributed by atoms with van der Waals surface area (Å²) in [6, 6.07) is 14.0. The first-order valence-corrected chi connectivity index (χ1v) is 10.8. The molecule has 0 bridgehead atoms. The van der Waals surface area contributed by atoms with E-state index in [1.165, 1.54) is 23.9 Å². The molecule has 0 heterocycles. The fourth-order valence-electron chi connectivity index (χ4n) is 2.07. The molecule has 0 aliphatic rings. The Balaban J connectivity index is 1.80. The van der Waals surface area contributed by atoms with Crippen LogP contribution < -0.4 is 10.9 Å². The molecule has 138 valence electrons. The minimum Gasteiger partial charge on any atom is -0.272 e. The molecule has 2 rings (SSSR count). The summed E-state index contributed by atoms with van der Waals surface area (Å²) in [5, 5.41) is 0. The molecule has 2 aromatic rings. The number of benzene rings is 2. The maximum atomic E-state index is 12.0. The van der Waals surface area contributed by atoms with Crippen molar-refractivity contribution >= 4 is 33.4 Å². The molecule has 0 radical (unpaired) electrons. The second-order valence-corrected chi connectivity index (χ2v) is 9.06. The second-order valence-electron chi connectivity index (χ2n) is 5.87. The topological polar surface area (TPSA) is 92.3 Å². The van der Waals surface area contributed by atoms with Crippen molar-refractivity contribution < 1.29 is 18.0 Å². The number of hydrazine groups is 1. The van der Waals surface area contributed by atoms with Gasteiger partial charge in [-0.25, -0.2) is 8.42 Å². The lowest BCUT2D eigenvalue weighted by atomic mass is 10.1. The molecule has 2 aromatic carbocycles. The van der Waals surface area contributed by atoms with Gasteiger partial charge < -0.3 is 0 Å². The number of hydrogen-bond donors (Lipinski definition) is 2. The molecule has 0 spiro atoms. The van der Waals surface area contributed by atoms with Crippen molar-refractivity contribution in [2.45, 2.75) is 17.6 Å². The first-order chi connectivity index (χ1) is 12.2. The number of carbonyl (C=O) groups excluding carboxylic acids is 2. The third-order valence-corrected chi connectivity index (χ3v) is 5.22. The summed E-state index contributed by atoms with van der Waals surface area (Å²) in [6.45, 7) is 1.99. The van der Waals surface area contributed by atoms with Gasteiger partial charge in [0.1, 0.15) is 0 Å². The first kappa shape index (κ1) is 20.0. The quantitative estimate of drug-likeness (QED) is 0.580. The molecule has 6 nitrogen and oxygen atoms in total. The molecular weight excluding hydrogens is 372 g/mol. The van der Waals surface area contributed by atoms with Gasteiger partial charge in [-0.15, -0.1) is 11.8 Å². The Morgan fingerprint density at radius 3 is 2.15 bits per heavy atom. The van der Waals surface area contributed by atoms with Gasteiger partial charge in [-0.2, -0.15) is 0 Å². The van der Waals surface area contributed by atoms with E-state index in [1.807, 2.05) is 31.2 Å². The van der Waals surface area contributed by atoms with E-state index in [4.69, 9.17) is 0 Å². The number of nitrogens with one attached hydrogen (secondary N) is 2. The lowest BCUT2D eigenvalue weighted by Gasteiger charge is -2.08. The van der Waals surface area contributed by atoms with Crippen molar-refractivity contribution in [2.75, 3.05) is 12.0 Å². The highest BCUT2D eigenvalue weighted by atomic mass is 32.2. The predicted molar refractivity (Wildman–Crippen MR) is 103 cm³/mol. The monoisotopic (exact) mass is 392 g/mol. The Labute approximate surface area is 157 Å². The van der Waals surface area contributed by atoms with Gasteiger partial charge in [0.25, 0.3) is 5.91 Å². The second kappa shape index (κ2) is 8.86. The summed E-state index contributed by atoms with van der Waals surface area (Å²) in [5.41, 5.74) is 6.78. The average molecular weight is 393 g/mol. The number of amides is 2. The molecule has 0 unspecified atom stereocenters. The van der Waals surface area contributed by atoms with Crippen LogP contribution >= 0.6 is 11.8 Å². The Morgan fingerprint density at radius 1 is 0.962 bits per heavy atom.